The SMILES string of the molecule is CC1CCN(C(=O)c2ccc(NC3CCN(C(=O)C4CCCC4)C3)nc2)CC1. The molecule has 2 aliphatic heterocycles. The minimum atomic E-state index is 0.0835. The molecule has 4 rings (SSSR count). The molecule has 1 aromatic heterocycles. The van der Waals surface area contributed by atoms with Crippen molar-refractivity contribution in [3.8, 4) is 0 Å². The fraction of sp³-hybridized carbons (Fsp3) is 0.682. The van der Waals surface area contributed by atoms with Crippen molar-refractivity contribution >= 4 is 17.6 Å². The van der Waals surface area contributed by atoms with Crippen LogP contribution >= 0.6 is 0 Å². The van der Waals surface area contributed by atoms with Crippen LogP contribution in [0, 0.1) is 11.8 Å². The summed E-state index contributed by atoms with van der Waals surface area (Å²) in [6.07, 6.45) is 9.29. The number of carbonyl (C=O) groups is 2. The van der Waals surface area contributed by atoms with Gasteiger partial charge in [-0.15, -0.1) is 0 Å². The second-order valence-corrected chi connectivity index (χ2v) is 8.80. The van der Waals surface area contributed by atoms with Crippen LogP contribution in [0.25, 0.3) is 0 Å². The number of aromatic nitrogens is 1. The molecule has 0 aromatic carbocycles. The second-order valence-electron chi connectivity index (χ2n) is 8.80. The minimum Gasteiger partial charge on any atom is -0.365 e. The van der Waals surface area contributed by atoms with Crippen LogP contribution in [-0.2, 0) is 4.79 Å². The van der Waals surface area contributed by atoms with Crippen LogP contribution in [0.1, 0.15) is 62.2 Å². The molecule has 0 spiro atoms. The lowest BCUT2D eigenvalue weighted by atomic mass is 9.99. The molecule has 1 aromatic rings. The fourth-order valence-corrected chi connectivity index (χ4v) is 4.72. The highest BCUT2D eigenvalue weighted by molar-refractivity contribution is 5.94. The number of anilines is 1. The standard InChI is InChI=1S/C22H32N4O2/c1-16-8-11-25(12-9-16)22(28)18-6-7-20(23-14-18)24-19-10-13-26(15-19)21(27)17-4-2-3-5-17/h6-7,14,16-17,19H,2-5,8-13,15H2,1H3,(H,23,24). The zero-order valence-corrected chi connectivity index (χ0v) is 16.9. The molecule has 0 bridgehead atoms. The third kappa shape index (κ3) is 4.31. The van der Waals surface area contributed by atoms with Gasteiger partial charge in [0.15, 0.2) is 0 Å². The van der Waals surface area contributed by atoms with Gasteiger partial charge in [-0.1, -0.05) is 19.8 Å². The topological polar surface area (TPSA) is 65.5 Å². The molecule has 1 saturated carbocycles. The highest BCUT2D eigenvalue weighted by Crippen LogP contribution is 2.28. The maximum Gasteiger partial charge on any atom is 0.255 e. The maximum atomic E-state index is 12.6. The summed E-state index contributed by atoms with van der Waals surface area (Å²) in [6, 6.07) is 4.00. The van der Waals surface area contributed by atoms with Crippen LogP contribution in [0.3, 0.4) is 0 Å². The van der Waals surface area contributed by atoms with Gasteiger partial charge in [0.25, 0.3) is 5.91 Å². The van der Waals surface area contributed by atoms with Gasteiger partial charge in [-0.3, -0.25) is 9.59 Å². The molecule has 2 amide bonds. The van der Waals surface area contributed by atoms with E-state index in [1.807, 2.05) is 21.9 Å². The van der Waals surface area contributed by atoms with Crippen LogP contribution in [0.5, 0.6) is 0 Å². The quantitative estimate of drug-likeness (QED) is 0.866. The highest BCUT2D eigenvalue weighted by Gasteiger charge is 2.32. The van der Waals surface area contributed by atoms with E-state index in [1.165, 1.54) is 12.8 Å². The number of pyridine rings is 1. The van der Waals surface area contributed by atoms with Crippen molar-refractivity contribution in [2.75, 3.05) is 31.5 Å². The number of nitrogens with one attached hydrogen (secondary N) is 1. The molecule has 0 radical (unpaired) electrons. The van der Waals surface area contributed by atoms with Crippen LogP contribution < -0.4 is 5.32 Å². The Balaban J connectivity index is 1.29. The Morgan fingerprint density at radius 2 is 1.71 bits per heavy atom. The van der Waals surface area contributed by atoms with E-state index in [0.29, 0.717) is 17.4 Å². The molecule has 2 saturated heterocycles. The van der Waals surface area contributed by atoms with E-state index in [2.05, 4.69) is 17.2 Å². The number of likely N-dealkylation sites (tertiary alicyclic amines) is 2. The Morgan fingerprint density at radius 3 is 2.39 bits per heavy atom. The number of carbonyl (C=O) groups excluding carboxylic acids is 2. The Morgan fingerprint density at radius 1 is 1.00 bits per heavy atom. The van der Waals surface area contributed by atoms with Gasteiger partial charge in [0, 0.05) is 44.3 Å². The number of nitrogens with zero attached hydrogens (tertiary/aromatic N) is 3. The van der Waals surface area contributed by atoms with Crippen molar-refractivity contribution in [2.24, 2.45) is 11.8 Å². The van der Waals surface area contributed by atoms with Gasteiger partial charge in [0.2, 0.25) is 5.91 Å². The monoisotopic (exact) mass is 384 g/mol. The predicted molar refractivity (Wildman–Crippen MR) is 109 cm³/mol. The first-order valence-corrected chi connectivity index (χ1v) is 10.9. The molecule has 3 aliphatic rings. The van der Waals surface area contributed by atoms with Gasteiger partial charge in [0.05, 0.1) is 5.56 Å². The van der Waals surface area contributed by atoms with E-state index in [1.54, 1.807) is 6.20 Å². The van der Waals surface area contributed by atoms with Gasteiger partial charge in [-0.05, 0) is 50.2 Å². The first kappa shape index (κ1) is 19.2. The van der Waals surface area contributed by atoms with Gasteiger partial charge < -0.3 is 15.1 Å². The van der Waals surface area contributed by atoms with E-state index < -0.39 is 0 Å². The molecular weight excluding hydrogens is 352 g/mol. The van der Waals surface area contributed by atoms with E-state index in [9.17, 15) is 9.59 Å². The molecule has 1 aliphatic carbocycles. The lowest BCUT2D eigenvalue weighted by molar-refractivity contribution is -0.134. The lowest BCUT2D eigenvalue weighted by Crippen LogP contribution is -2.38. The number of hydrogen-bond acceptors (Lipinski definition) is 4. The number of hydrogen-bond donors (Lipinski definition) is 1. The lowest BCUT2D eigenvalue weighted by Gasteiger charge is -2.30. The minimum absolute atomic E-state index is 0.0835. The summed E-state index contributed by atoms with van der Waals surface area (Å²) in [7, 11) is 0. The molecule has 1 N–H and O–H groups in total. The van der Waals surface area contributed by atoms with E-state index in [-0.39, 0.29) is 17.9 Å². The van der Waals surface area contributed by atoms with Crippen molar-refractivity contribution in [1.82, 2.24) is 14.8 Å². The van der Waals surface area contributed by atoms with Gasteiger partial charge in [0.1, 0.15) is 5.82 Å². The molecule has 1 atom stereocenters. The van der Waals surface area contributed by atoms with E-state index in [4.69, 9.17) is 0 Å². The van der Waals surface area contributed by atoms with Crippen molar-refractivity contribution in [3.05, 3.63) is 23.9 Å². The van der Waals surface area contributed by atoms with Crippen molar-refractivity contribution < 1.29 is 9.59 Å². The van der Waals surface area contributed by atoms with E-state index in [0.717, 1.165) is 64.1 Å². The summed E-state index contributed by atoms with van der Waals surface area (Å²) < 4.78 is 0. The largest absolute Gasteiger partial charge is 0.365 e. The van der Waals surface area contributed by atoms with Crippen LogP contribution in [-0.4, -0.2) is 58.8 Å². The number of amides is 2. The summed E-state index contributed by atoms with van der Waals surface area (Å²) in [6.45, 7) is 5.51. The summed E-state index contributed by atoms with van der Waals surface area (Å²) in [5, 5.41) is 3.44. The van der Waals surface area contributed by atoms with Gasteiger partial charge in [-0.2, -0.15) is 0 Å². The van der Waals surface area contributed by atoms with Crippen LogP contribution in [0.2, 0.25) is 0 Å². The fourth-order valence-electron chi connectivity index (χ4n) is 4.72. The predicted octanol–water partition coefficient (Wildman–Crippen LogP) is 3.16. The molecule has 1 unspecified atom stereocenters. The molecular formula is C22H32N4O2. The van der Waals surface area contributed by atoms with Crippen molar-refractivity contribution in [2.45, 2.75) is 57.9 Å². The summed E-state index contributed by atoms with van der Waals surface area (Å²) >= 11 is 0. The zero-order chi connectivity index (χ0) is 19.5. The summed E-state index contributed by atoms with van der Waals surface area (Å²) in [4.78, 5) is 33.6. The summed E-state index contributed by atoms with van der Waals surface area (Å²) in [5.41, 5.74) is 0.657. The van der Waals surface area contributed by atoms with Gasteiger partial charge >= 0.3 is 0 Å². The average molecular weight is 385 g/mol. The second kappa shape index (κ2) is 8.50. The Hall–Kier alpha value is -2.11. The highest BCUT2D eigenvalue weighted by atomic mass is 16.2. The maximum absolute atomic E-state index is 12.6. The van der Waals surface area contributed by atoms with Crippen LogP contribution in [0.15, 0.2) is 18.3 Å². The molecule has 152 valence electrons. The molecule has 6 nitrogen and oxygen atoms in total. The van der Waals surface area contributed by atoms with Crippen molar-refractivity contribution in [3.63, 3.8) is 0 Å². The zero-order valence-electron chi connectivity index (χ0n) is 16.9. The Bertz CT molecular complexity index is 691. The van der Waals surface area contributed by atoms with Crippen LogP contribution in [0.4, 0.5) is 5.82 Å². The third-order valence-electron chi connectivity index (χ3n) is 6.64. The molecule has 28 heavy (non-hydrogen) atoms. The molecule has 6 heteroatoms. The molecule has 3 fully saturated rings. The van der Waals surface area contributed by atoms with E-state index >= 15 is 0 Å². The Kier molecular flexibility index (Phi) is 5.83. The smallest absolute Gasteiger partial charge is 0.255 e. The first-order valence-electron chi connectivity index (χ1n) is 10.9. The number of piperidine rings is 1. The number of rotatable bonds is 4. The third-order valence-corrected chi connectivity index (χ3v) is 6.64. The summed E-state index contributed by atoms with van der Waals surface area (Å²) in [5.74, 6) is 2.16. The molecule has 3 heterocycles. The Labute approximate surface area is 167 Å². The van der Waals surface area contributed by atoms with Gasteiger partial charge in [-0.25, -0.2) is 4.98 Å². The first-order chi connectivity index (χ1) is 13.6. The van der Waals surface area contributed by atoms with Crippen molar-refractivity contribution in [1.29, 1.82) is 0 Å². The average Bonchev–Trinajstić information content (AvgIpc) is 3.40. The normalized spacial score (nSPS) is 24.0.